The minimum atomic E-state index is -0.266. The molecule has 0 unspecified atom stereocenters. The maximum atomic E-state index is 12.4. The average molecular weight is 428 g/mol. The van der Waals surface area contributed by atoms with Crippen LogP contribution >= 0.6 is 0 Å². The van der Waals surface area contributed by atoms with Crippen molar-refractivity contribution in [3.8, 4) is 11.5 Å². The average Bonchev–Trinajstić information content (AvgIpc) is 3.14. The van der Waals surface area contributed by atoms with Crippen LogP contribution in [0.2, 0.25) is 0 Å². The van der Waals surface area contributed by atoms with Crippen molar-refractivity contribution in [1.82, 2.24) is 10.4 Å². The zero-order chi connectivity index (χ0) is 22.3. The molecule has 0 bridgehead atoms. The Kier molecular flexibility index (Phi) is 6.51. The molecule has 162 valence electrons. The SMILES string of the molecule is CCOc1ccc(OCc2ccc(C(=O)N/N=C/c3c(C)[nH]c4ccccc34)cc2)cc1. The molecule has 0 aliphatic heterocycles. The summed E-state index contributed by atoms with van der Waals surface area (Å²) in [4.78, 5) is 15.7. The van der Waals surface area contributed by atoms with Gasteiger partial charge in [0.2, 0.25) is 0 Å². The maximum Gasteiger partial charge on any atom is 0.271 e. The Hall–Kier alpha value is -4.06. The minimum Gasteiger partial charge on any atom is -0.494 e. The van der Waals surface area contributed by atoms with Crippen molar-refractivity contribution in [3.63, 3.8) is 0 Å². The lowest BCUT2D eigenvalue weighted by atomic mass is 10.1. The van der Waals surface area contributed by atoms with Gasteiger partial charge in [-0.15, -0.1) is 0 Å². The number of carbonyl (C=O) groups is 1. The molecule has 0 atom stereocenters. The lowest BCUT2D eigenvalue weighted by Crippen LogP contribution is -2.17. The van der Waals surface area contributed by atoms with E-state index in [1.807, 2.05) is 74.5 Å². The smallest absolute Gasteiger partial charge is 0.271 e. The first-order valence-electron chi connectivity index (χ1n) is 10.5. The maximum absolute atomic E-state index is 12.4. The Morgan fingerprint density at radius 2 is 1.66 bits per heavy atom. The highest BCUT2D eigenvalue weighted by atomic mass is 16.5. The van der Waals surface area contributed by atoms with E-state index in [2.05, 4.69) is 15.5 Å². The number of hydrogen-bond donors (Lipinski definition) is 2. The van der Waals surface area contributed by atoms with Crippen molar-refractivity contribution in [2.45, 2.75) is 20.5 Å². The molecule has 0 fully saturated rings. The molecule has 1 amide bonds. The van der Waals surface area contributed by atoms with E-state index in [-0.39, 0.29) is 5.91 Å². The van der Waals surface area contributed by atoms with Crippen molar-refractivity contribution in [3.05, 3.63) is 95.2 Å². The quantitative estimate of drug-likeness (QED) is 0.299. The van der Waals surface area contributed by atoms with E-state index in [1.54, 1.807) is 18.3 Å². The summed E-state index contributed by atoms with van der Waals surface area (Å²) in [6.07, 6.45) is 1.67. The van der Waals surface area contributed by atoms with Crippen LogP contribution in [0.4, 0.5) is 0 Å². The third-order valence-electron chi connectivity index (χ3n) is 5.06. The van der Waals surface area contributed by atoms with Crippen LogP contribution in [-0.4, -0.2) is 23.7 Å². The number of nitrogens with one attached hydrogen (secondary N) is 2. The van der Waals surface area contributed by atoms with Gasteiger partial charge in [-0.2, -0.15) is 5.10 Å². The molecule has 3 aromatic carbocycles. The fraction of sp³-hybridized carbons (Fsp3) is 0.154. The van der Waals surface area contributed by atoms with E-state index in [4.69, 9.17) is 9.47 Å². The number of aromatic amines is 1. The Bertz CT molecular complexity index is 1230. The first-order valence-corrected chi connectivity index (χ1v) is 10.5. The molecule has 1 heterocycles. The number of aromatic nitrogens is 1. The minimum absolute atomic E-state index is 0.266. The van der Waals surface area contributed by atoms with Gasteiger partial charge in [0.15, 0.2) is 0 Å². The molecule has 0 radical (unpaired) electrons. The normalized spacial score (nSPS) is 11.1. The summed E-state index contributed by atoms with van der Waals surface area (Å²) in [6.45, 7) is 4.98. The van der Waals surface area contributed by atoms with Gasteiger partial charge in [0.1, 0.15) is 18.1 Å². The number of para-hydroxylation sites is 1. The van der Waals surface area contributed by atoms with Crippen molar-refractivity contribution in [2.24, 2.45) is 5.10 Å². The summed E-state index contributed by atoms with van der Waals surface area (Å²) in [7, 11) is 0. The van der Waals surface area contributed by atoms with E-state index in [0.717, 1.165) is 39.2 Å². The Balaban J connectivity index is 1.32. The van der Waals surface area contributed by atoms with Gasteiger partial charge in [0.05, 0.1) is 12.8 Å². The second-order valence-corrected chi connectivity index (χ2v) is 7.30. The van der Waals surface area contributed by atoms with Gasteiger partial charge in [0.25, 0.3) is 5.91 Å². The fourth-order valence-corrected chi connectivity index (χ4v) is 3.40. The number of H-pyrrole nitrogens is 1. The predicted octanol–water partition coefficient (Wildman–Crippen LogP) is 5.22. The predicted molar refractivity (Wildman–Crippen MR) is 126 cm³/mol. The number of aryl methyl sites for hydroxylation is 1. The highest BCUT2D eigenvalue weighted by Gasteiger charge is 2.07. The number of fused-ring (bicyclic) bond motifs is 1. The lowest BCUT2D eigenvalue weighted by Gasteiger charge is -2.08. The zero-order valence-electron chi connectivity index (χ0n) is 18.1. The largest absolute Gasteiger partial charge is 0.494 e. The number of hydrazone groups is 1. The van der Waals surface area contributed by atoms with Gasteiger partial charge in [-0.1, -0.05) is 30.3 Å². The third-order valence-corrected chi connectivity index (χ3v) is 5.06. The summed E-state index contributed by atoms with van der Waals surface area (Å²) in [5.41, 5.74) is 7.10. The topological polar surface area (TPSA) is 75.7 Å². The number of nitrogens with zero attached hydrogens (tertiary/aromatic N) is 1. The molecule has 1 aromatic heterocycles. The highest BCUT2D eigenvalue weighted by molar-refractivity contribution is 6.01. The first-order chi connectivity index (χ1) is 15.6. The molecule has 0 aliphatic rings. The zero-order valence-corrected chi connectivity index (χ0v) is 18.1. The van der Waals surface area contributed by atoms with Crippen molar-refractivity contribution < 1.29 is 14.3 Å². The molecule has 0 spiro atoms. The van der Waals surface area contributed by atoms with E-state index in [1.165, 1.54) is 0 Å². The summed E-state index contributed by atoms with van der Waals surface area (Å²) in [6, 6.07) is 22.8. The van der Waals surface area contributed by atoms with Crippen LogP contribution in [0.15, 0.2) is 77.9 Å². The van der Waals surface area contributed by atoms with Crippen LogP contribution in [0.3, 0.4) is 0 Å². The Labute approximate surface area is 186 Å². The molecule has 6 nitrogen and oxygen atoms in total. The number of benzene rings is 3. The summed E-state index contributed by atoms with van der Waals surface area (Å²) in [5, 5.41) is 5.21. The van der Waals surface area contributed by atoms with Crippen molar-refractivity contribution >= 4 is 23.0 Å². The number of ether oxygens (including phenoxy) is 2. The standard InChI is InChI=1S/C26H25N3O3/c1-3-31-21-12-14-22(15-13-21)32-17-19-8-10-20(11-9-19)26(30)29-27-16-24-18(2)28-25-7-5-4-6-23(24)25/h4-16,28H,3,17H2,1-2H3,(H,29,30)/b27-16+. The first kappa shape index (κ1) is 21.2. The van der Waals surface area contributed by atoms with E-state index in [9.17, 15) is 4.79 Å². The van der Waals surface area contributed by atoms with Crippen LogP contribution in [-0.2, 0) is 6.61 Å². The van der Waals surface area contributed by atoms with Gasteiger partial charge < -0.3 is 14.5 Å². The summed E-state index contributed by atoms with van der Waals surface area (Å²) >= 11 is 0. The van der Waals surface area contributed by atoms with Gasteiger partial charge in [-0.25, -0.2) is 5.43 Å². The molecule has 0 saturated carbocycles. The van der Waals surface area contributed by atoms with Crippen LogP contribution in [0.25, 0.3) is 10.9 Å². The number of rotatable bonds is 8. The van der Waals surface area contributed by atoms with Crippen LogP contribution in [0, 0.1) is 6.92 Å². The van der Waals surface area contributed by atoms with E-state index < -0.39 is 0 Å². The molecular weight excluding hydrogens is 402 g/mol. The molecule has 32 heavy (non-hydrogen) atoms. The Morgan fingerprint density at radius 3 is 2.38 bits per heavy atom. The number of carbonyl (C=O) groups excluding carboxylic acids is 1. The second-order valence-electron chi connectivity index (χ2n) is 7.30. The molecule has 0 aliphatic carbocycles. The number of hydrogen-bond acceptors (Lipinski definition) is 4. The van der Waals surface area contributed by atoms with Gasteiger partial charge in [-0.05, 0) is 61.9 Å². The monoisotopic (exact) mass is 427 g/mol. The van der Waals surface area contributed by atoms with Gasteiger partial charge >= 0.3 is 0 Å². The number of amides is 1. The summed E-state index contributed by atoms with van der Waals surface area (Å²) < 4.78 is 11.2. The molecule has 0 saturated heterocycles. The van der Waals surface area contributed by atoms with Gasteiger partial charge in [-0.3, -0.25) is 4.79 Å². The van der Waals surface area contributed by atoms with Crippen LogP contribution in [0.5, 0.6) is 11.5 Å². The summed E-state index contributed by atoms with van der Waals surface area (Å²) in [5.74, 6) is 1.31. The fourth-order valence-electron chi connectivity index (χ4n) is 3.40. The molecule has 4 rings (SSSR count). The second kappa shape index (κ2) is 9.83. The third kappa shape index (κ3) is 4.98. The van der Waals surface area contributed by atoms with E-state index in [0.29, 0.717) is 18.8 Å². The molecular formula is C26H25N3O3. The lowest BCUT2D eigenvalue weighted by molar-refractivity contribution is 0.0955. The van der Waals surface area contributed by atoms with Gasteiger partial charge in [0, 0.05) is 27.7 Å². The molecule has 4 aromatic rings. The van der Waals surface area contributed by atoms with E-state index >= 15 is 0 Å². The van der Waals surface area contributed by atoms with Crippen LogP contribution < -0.4 is 14.9 Å². The van der Waals surface area contributed by atoms with Crippen molar-refractivity contribution in [1.29, 1.82) is 0 Å². The highest BCUT2D eigenvalue weighted by Crippen LogP contribution is 2.20. The Morgan fingerprint density at radius 1 is 0.969 bits per heavy atom. The van der Waals surface area contributed by atoms with Crippen molar-refractivity contribution in [2.75, 3.05) is 6.61 Å². The van der Waals surface area contributed by atoms with Crippen LogP contribution in [0.1, 0.15) is 34.1 Å². The molecule has 6 heteroatoms. The molecule has 2 N–H and O–H groups in total.